The van der Waals surface area contributed by atoms with Gasteiger partial charge in [-0.15, -0.1) is 12.8 Å². The van der Waals surface area contributed by atoms with Gasteiger partial charge in [0.1, 0.15) is 0 Å². The molecule has 31 heavy (non-hydrogen) atoms. The highest BCUT2D eigenvalue weighted by Gasteiger charge is 2.58. The number of fused-ring (bicyclic) bond motifs is 5. The molecule has 4 rings (SSSR count). The summed E-state index contributed by atoms with van der Waals surface area (Å²) in [6, 6.07) is 0. The van der Waals surface area contributed by atoms with Crippen LogP contribution in [0.5, 0.6) is 0 Å². The van der Waals surface area contributed by atoms with Gasteiger partial charge in [-0.05, 0) is 110 Å². The van der Waals surface area contributed by atoms with Crippen LogP contribution in [0.15, 0.2) is 23.8 Å². The van der Waals surface area contributed by atoms with Crippen molar-refractivity contribution in [1.82, 2.24) is 0 Å². The lowest BCUT2D eigenvalue weighted by atomic mass is 9.47. The third-order valence-electron chi connectivity index (χ3n) is 10.7. The summed E-state index contributed by atoms with van der Waals surface area (Å²) in [7, 11) is 0. The van der Waals surface area contributed by atoms with Crippen molar-refractivity contribution in [2.45, 2.75) is 106 Å². The number of hydrogen-bond acceptors (Lipinski definition) is 0. The molecule has 0 spiro atoms. The fraction of sp³-hybridized carbons (Fsp3) is 0.806. The zero-order valence-corrected chi connectivity index (χ0v) is 21.5. The summed E-state index contributed by atoms with van der Waals surface area (Å²) in [6.45, 7) is 15.0. The molecule has 0 saturated heterocycles. The highest BCUT2D eigenvalue weighted by atomic mass is 14.6. The first-order valence-electron chi connectivity index (χ1n) is 13.5. The maximum atomic E-state index is 4.00. The van der Waals surface area contributed by atoms with Crippen LogP contribution >= 0.6 is 0 Å². The molecule has 0 nitrogen and oxygen atoms in total. The van der Waals surface area contributed by atoms with Gasteiger partial charge in [-0.1, -0.05) is 71.8 Å². The molecule has 0 radical (unpaired) electrons. The topological polar surface area (TPSA) is 0 Å². The van der Waals surface area contributed by atoms with Crippen LogP contribution in [0.3, 0.4) is 0 Å². The van der Waals surface area contributed by atoms with E-state index in [9.17, 15) is 0 Å². The van der Waals surface area contributed by atoms with E-state index >= 15 is 0 Å². The molecule has 0 aromatic heterocycles. The number of allylic oxidation sites excluding steroid dienone is 4. The zero-order chi connectivity index (χ0) is 22.8. The molecule has 0 heteroatoms. The van der Waals surface area contributed by atoms with E-state index in [0.29, 0.717) is 10.8 Å². The summed E-state index contributed by atoms with van der Waals surface area (Å²) < 4.78 is 0. The molecule has 0 aromatic rings. The summed E-state index contributed by atoms with van der Waals surface area (Å²) in [5.74, 6) is 6.10. The molecule has 0 heterocycles. The molecule has 7 unspecified atom stereocenters. The van der Waals surface area contributed by atoms with Crippen LogP contribution in [0, 0.1) is 65.1 Å². The SMILES string of the molecule is C#C.CCC(/C=C/[C@@H](C)C1CCC2C3CC=C4CCCCC4(C)C3CCC21C)C(C)C. The number of hydrogen-bond donors (Lipinski definition) is 0. The van der Waals surface area contributed by atoms with Crippen LogP contribution < -0.4 is 0 Å². The quantitative estimate of drug-likeness (QED) is 0.306. The third-order valence-corrected chi connectivity index (χ3v) is 10.7. The summed E-state index contributed by atoms with van der Waals surface area (Å²) in [5, 5.41) is 0. The van der Waals surface area contributed by atoms with Gasteiger partial charge in [0.25, 0.3) is 0 Å². The van der Waals surface area contributed by atoms with Crippen molar-refractivity contribution in [3.63, 3.8) is 0 Å². The highest BCUT2D eigenvalue weighted by molar-refractivity contribution is 5.24. The smallest absolute Gasteiger partial charge is 0.00853 e. The predicted octanol–water partition coefficient (Wildman–Crippen LogP) is 9.08. The van der Waals surface area contributed by atoms with Gasteiger partial charge in [-0.2, -0.15) is 0 Å². The Bertz CT molecular complexity index is 677. The van der Waals surface area contributed by atoms with Gasteiger partial charge < -0.3 is 0 Å². The Hall–Kier alpha value is -0.960. The van der Waals surface area contributed by atoms with Gasteiger partial charge in [-0.25, -0.2) is 0 Å². The van der Waals surface area contributed by atoms with Crippen molar-refractivity contribution in [2.24, 2.45) is 52.3 Å². The second-order valence-electron chi connectivity index (χ2n) is 12.3. The normalized spacial score (nSPS) is 41.4. The van der Waals surface area contributed by atoms with Gasteiger partial charge >= 0.3 is 0 Å². The van der Waals surface area contributed by atoms with Gasteiger partial charge in [0.05, 0.1) is 0 Å². The Kier molecular flexibility index (Phi) is 7.88. The minimum absolute atomic E-state index is 0.553. The maximum Gasteiger partial charge on any atom is -0.00853 e. The molecule has 0 bridgehead atoms. The van der Waals surface area contributed by atoms with Crippen molar-refractivity contribution in [1.29, 1.82) is 0 Å². The molecule has 174 valence electrons. The molecule has 0 N–H and O–H groups in total. The lowest BCUT2D eigenvalue weighted by Gasteiger charge is -2.58. The lowest BCUT2D eigenvalue weighted by molar-refractivity contribution is -0.0462. The van der Waals surface area contributed by atoms with Crippen LogP contribution in [-0.2, 0) is 0 Å². The molecule has 4 aliphatic carbocycles. The predicted molar refractivity (Wildman–Crippen MR) is 137 cm³/mol. The van der Waals surface area contributed by atoms with Crippen molar-refractivity contribution in [2.75, 3.05) is 0 Å². The van der Waals surface area contributed by atoms with Gasteiger partial charge in [0.2, 0.25) is 0 Å². The fourth-order valence-corrected chi connectivity index (χ4v) is 8.88. The third kappa shape index (κ3) is 4.33. The monoisotopic (exact) mass is 422 g/mol. The molecule has 4 aliphatic rings. The first-order valence-corrected chi connectivity index (χ1v) is 13.5. The fourth-order valence-electron chi connectivity index (χ4n) is 8.88. The molecule has 3 saturated carbocycles. The second-order valence-corrected chi connectivity index (χ2v) is 12.3. The first kappa shape index (κ1) is 24.7. The van der Waals surface area contributed by atoms with Crippen molar-refractivity contribution in [3.8, 4) is 12.8 Å². The average molecular weight is 423 g/mol. The van der Waals surface area contributed by atoms with Crippen LogP contribution in [0.4, 0.5) is 0 Å². The van der Waals surface area contributed by atoms with Crippen molar-refractivity contribution >= 4 is 0 Å². The van der Waals surface area contributed by atoms with E-state index in [1.165, 1.54) is 64.2 Å². The average Bonchev–Trinajstić information content (AvgIpc) is 3.12. The van der Waals surface area contributed by atoms with Crippen LogP contribution in [0.25, 0.3) is 0 Å². The van der Waals surface area contributed by atoms with E-state index < -0.39 is 0 Å². The summed E-state index contributed by atoms with van der Waals surface area (Å²) in [6.07, 6.45) is 30.4. The molecule has 3 fully saturated rings. The summed E-state index contributed by atoms with van der Waals surface area (Å²) in [4.78, 5) is 0. The zero-order valence-electron chi connectivity index (χ0n) is 21.5. The first-order chi connectivity index (χ1) is 14.8. The van der Waals surface area contributed by atoms with Gasteiger partial charge in [0, 0.05) is 0 Å². The Morgan fingerprint density at radius 1 is 1.00 bits per heavy atom. The van der Waals surface area contributed by atoms with E-state index in [1.807, 2.05) is 5.57 Å². The van der Waals surface area contributed by atoms with Gasteiger partial charge in [0.15, 0.2) is 0 Å². The molecular formula is C31H50. The Labute approximate surface area is 194 Å². The molecule has 8 atom stereocenters. The van der Waals surface area contributed by atoms with E-state index in [1.54, 1.807) is 0 Å². The standard InChI is InChI=1S/C29H48.C2H2/c1-7-22(20(2)3)12-11-21(4)25-15-16-26-24-14-13-23-10-8-9-18-28(23,5)27(24)17-19-29(25,26)6;1-2/h11-13,20-22,24-27H,7-10,14-19H2,1-6H3;1-2H/b12-11+;/t21-,22?,24?,25?,26?,27?,28?,29?;/m1./s1. The van der Waals surface area contributed by atoms with E-state index in [4.69, 9.17) is 0 Å². The Balaban J connectivity index is 0.00000132. The van der Waals surface area contributed by atoms with Gasteiger partial charge in [-0.3, -0.25) is 0 Å². The van der Waals surface area contributed by atoms with E-state index in [0.717, 1.165) is 41.4 Å². The van der Waals surface area contributed by atoms with Crippen LogP contribution in [0.1, 0.15) is 106 Å². The summed E-state index contributed by atoms with van der Waals surface area (Å²) >= 11 is 0. The number of terminal acetylenes is 1. The molecule has 0 amide bonds. The maximum absolute atomic E-state index is 4.00. The van der Waals surface area contributed by atoms with E-state index in [2.05, 4.69) is 72.6 Å². The molecule has 0 aliphatic heterocycles. The van der Waals surface area contributed by atoms with Crippen LogP contribution in [-0.4, -0.2) is 0 Å². The molecule has 0 aromatic carbocycles. The Morgan fingerprint density at radius 3 is 2.42 bits per heavy atom. The highest BCUT2D eigenvalue weighted by Crippen LogP contribution is 2.67. The lowest BCUT2D eigenvalue weighted by Crippen LogP contribution is -2.49. The summed E-state index contributed by atoms with van der Waals surface area (Å²) in [5.41, 5.74) is 3.00. The second kappa shape index (κ2) is 9.89. The van der Waals surface area contributed by atoms with Crippen molar-refractivity contribution < 1.29 is 0 Å². The minimum Gasteiger partial charge on any atom is -0.124 e. The molecular weight excluding hydrogens is 372 g/mol. The minimum atomic E-state index is 0.553. The van der Waals surface area contributed by atoms with Crippen LogP contribution in [0.2, 0.25) is 0 Å². The van der Waals surface area contributed by atoms with E-state index in [-0.39, 0.29) is 0 Å². The number of rotatable bonds is 5. The Morgan fingerprint density at radius 2 is 1.74 bits per heavy atom. The largest absolute Gasteiger partial charge is 0.124 e. The van der Waals surface area contributed by atoms with Crippen molar-refractivity contribution in [3.05, 3.63) is 23.8 Å².